The average molecular weight is 654 g/mol. The highest BCUT2D eigenvalue weighted by molar-refractivity contribution is 9.10. The van der Waals surface area contributed by atoms with Crippen LogP contribution in [-0.4, -0.2) is 49.9 Å². The van der Waals surface area contributed by atoms with Gasteiger partial charge in [-0.2, -0.15) is 5.10 Å². The van der Waals surface area contributed by atoms with E-state index in [1.165, 1.54) is 7.11 Å². The van der Waals surface area contributed by atoms with Gasteiger partial charge in [-0.15, -0.1) is 0 Å². The van der Waals surface area contributed by atoms with Gasteiger partial charge in [-0.3, -0.25) is 5.43 Å². The van der Waals surface area contributed by atoms with Crippen LogP contribution >= 0.6 is 15.9 Å². The number of urea groups is 1. The van der Waals surface area contributed by atoms with Crippen LogP contribution in [0.1, 0.15) is 36.6 Å². The molecule has 1 aliphatic rings. The predicted octanol–water partition coefficient (Wildman–Crippen LogP) is 4.55. The Morgan fingerprint density at radius 3 is 2.58 bits per heavy atom. The zero-order valence-electron chi connectivity index (χ0n) is 23.9. The van der Waals surface area contributed by atoms with Crippen molar-refractivity contribution in [2.24, 2.45) is 5.10 Å². The zero-order valence-corrected chi connectivity index (χ0v) is 25.5. The number of esters is 1. The number of halogens is 1. The monoisotopic (exact) mass is 652 g/mol. The molecule has 0 saturated heterocycles. The molecule has 1 aliphatic heterocycles. The van der Waals surface area contributed by atoms with E-state index in [1.54, 1.807) is 31.3 Å². The summed E-state index contributed by atoms with van der Waals surface area (Å²) in [5.74, 6) is 0.820. The van der Waals surface area contributed by atoms with Crippen LogP contribution in [0.5, 0.6) is 17.2 Å². The van der Waals surface area contributed by atoms with Gasteiger partial charge in [0.2, 0.25) is 0 Å². The molecule has 3 aromatic carbocycles. The molecule has 43 heavy (non-hydrogen) atoms. The Bertz CT molecular complexity index is 1490. The lowest BCUT2D eigenvalue weighted by Gasteiger charge is -2.28. The van der Waals surface area contributed by atoms with Crippen LogP contribution in [0.2, 0.25) is 0 Å². The highest BCUT2D eigenvalue weighted by atomic mass is 79.9. The number of allylic oxidation sites excluding steroid dienone is 1. The number of nitrogens with one attached hydrogen (secondary N) is 3. The summed E-state index contributed by atoms with van der Waals surface area (Å²) in [6.45, 7) is 4.04. The molecular formula is C31H33BrN4O7. The molecular weight excluding hydrogens is 620 g/mol. The van der Waals surface area contributed by atoms with E-state index in [9.17, 15) is 14.7 Å². The minimum atomic E-state index is -1.14. The maximum absolute atomic E-state index is 12.4. The molecule has 1 heterocycles. The van der Waals surface area contributed by atoms with Crippen LogP contribution < -0.4 is 30.3 Å². The molecule has 2 amide bonds. The number of para-hydroxylation sites is 1. The van der Waals surface area contributed by atoms with Gasteiger partial charge in [0.25, 0.3) is 0 Å². The first-order valence-corrected chi connectivity index (χ1v) is 14.3. The van der Waals surface area contributed by atoms with Crippen molar-refractivity contribution in [1.82, 2.24) is 16.1 Å². The maximum atomic E-state index is 12.4. The van der Waals surface area contributed by atoms with Gasteiger partial charge in [0.1, 0.15) is 19.0 Å². The lowest BCUT2D eigenvalue weighted by Crippen LogP contribution is -2.45. The summed E-state index contributed by atoms with van der Waals surface area (Å²) < 4.78 is 23.4. The number of methoxy groups -OCH3 is 1. The van der Waals surface area contributed by atoms with E-state index in [4.69, 9.17) is 18.9 Å². The highest BCUT2D eigenvalue weighted by Gasteiger charge is 2.32. The third kappa shape index (κ3) is 8.49. The van der Waals surface area contributed by atoms with Crippen molar-refractivity contribution in [2.45, 2.75) is 32.7 Å². The number of aliphatic hydroxyl groups excluding tert-OH is 1. The van der Waals surface area contributed by atoms with E-state index in [0.717, 1.165) is 15.6 Å². The van der Waals surface area contributed by atoms with Gasteiger partial charge >= 0.3 is 12.0 Å². The summed E-state index contributed by atoms with van der Waals surface area (Å²) in [4.78, 5) is 24.6. The third-order valence-corrected chi connectivity index (χ3v) is 6.85. The van der Waals surface area contributed by atoms with Crippen molar-refractivity contribution in [3.05, 3.63) is 99.2 Å². The number of benzene rings is 3. The molecule has 0 saturated carbocycles. The lowest BCUT2D eigenvalue weighted by atomic mass is 9.95. The molecule has 0 aromatic heterocycles. The first-order valence-electron chi connectivity index (χ1n) is 13.5. The largest absolute Gasteiger partial charge is 0.490 e. The Labute approximate surface area is 258 Å². The summed E-state index contributed by atoms with van der Waals surface area (Å²) in [5.41, 5.74) is 5.66. The van der Waals surface area contributed by atoms with Gasteiger partial charge in [-0.25, -0.2) is 9.59 Å². The van der Waals surface area contributed by atoms with Crippen molar-refractivity contribution >= 4 is 34.1 Å². The lowest BCUT2D eigenvalue weighted by molar-refractivity contribution is -0.136. The summed E-state index contributed by atoms with van der Waals surface area (Å²) in [5, 5.41) is 19.9. The molecule has 0 unspecified atom stereocenters. The average Bonchev–Trinajstić information content (AvgIpc) is 3.00. The van der Waals surface area contributed by atoms with Gasteiger partial charge in [0.05, 0.1) is 31.5 Å². The summed E-state index contributed by atoms with van der Waals surface area (Å²) in [6, 6.07) is 19.1. The van der Waals surface area contributed by atoms with Crippen LogP contribution in [0.25, 0.3) is 0 Å². The molecule has 0 radical (unpaired) electrons. The Morgan fingerprint density at radius 2 is 1.84 bits per heavy atom. The first kappa shape index (κ1) is 31.4. The number of hydrogen-bond donors (Lipinski definition) is 4. The van der Waals surface area contributed by atoms with Crippen molar-refractivity contribution < 1.29 is 33.6 Å². The number of hydrogen-bond acceptors (Lipinski definition) is 9. The topological polar surface area (TPSA) is 140 Å². The standard InChI is InChI=1S/C31H33BrN4O7/c1-4-41-26-15-21(29-28(30(38)40-3)19(2)34-31(39)35-29)11-14-25(26)43-18-27(37)36-33-16-22-7-5-6-8-24(22)42-17-20-9-12-23(32)13-10-20/h5-16,27,29,36-37H,4,17-18H2,1-3H3,(H2,34,35,39)/b33-16-/t27-,29-/m0/s1. The van der Waals surface area contributed by atoms with E-state index in [-0.39, 0.29) is 12.2 Å². The molecule has 226 valence electrons. The minimum Gasteiger partial charge on any atom is -0.490 e. The molecule has 0 fully saturated rings. The van der Waals surface area contributed by atoms with E-state index in [0.29, 0.717) is 41.7 Å². The summed E-state index contributed by atoms with van der Waals surface area (Å²) in [7, 11) is 1.28. The number of aliphatic hydroxyl groups is 1. The fourth-order valence-electron chi connectivity index (χ4n) is 4.28. The quantitative estimate of drug-likeness (QED) is 0.0913. The van der Waals surface area contributed by atoms with Crippen molar-refractivity contribution in [1.29, 1.82) is 0 Å². The van der Waals surface area contributed by atoms with Crippen molar-refractivity contribution in [3.8, 4) is 17.2 Å². The molecule has 4 N–H and O–H groups in total. The molecule has 2 atom stereocenters. The highest BCUT2D eigenvalue weighted by Crippen LogP contribution is 2.35. The van der Waals surface area contributed by atoms with Crippen LogP contribution in [-0.2, 0) is 16.1 Å². The molecule has 3 aromatic rings. The zero-order chi connectivity index (χ0) is 30.8. The number of nitrogens with zero attached hydrogens (tertiary/aromatic N) is 1. The maximum Gasteiger partial charge on any atom is 0.337 e. The fraction of sp³-hybridized carbons (Fsp3) is 0.258. The second kappa shape index (κ2) is 15.1. The molecule has 4 rings (SSSR count). The van der Waals surface area contributed by atoms with Gasteiger partial charge in [0.15, 0.2) is 17.7 Å². The number of ether oxygens (including phenoxy) is 4. The second-order valence-corrected chi connectivity index (χ2v) is 10.3. The summed E-state index contributed by atoms with van der Waals surface area (Å²) in [6.07, 6.45) is 0.420. The van der Waals surface area contributed by atoms with Crippen LogP contribution in [0.15, 0.2) is 87.6 Å². The van der Waals surface area contributed by atoms with E-state index in [2.05, 4.69) is 37.1 Å². The van der Waals surface area contributed by atoms with Crippen molar-refractivity contribution in [2.75, 3.05) is 20.3 Å². The molecule has 0 spiro atoms. The number of carbonyl (C=O) groups excluding carboxylic acids is 2. The van der Waals surface area contributed by atoms with Gasteiger partial charge < -0.3 is 34.7 Å². The number of hydrazone groups is 1. The predicted molar refractivity (Wildman–Crippen MR) is 164 cm³/mol. The molecule has 11 nitrogen and oxygen atoms in total. The smallest absolute Gasteiger partial charge is 0.337 e. The normalized spacial score (nSPS) is 15.4. The van der Waals surface area contributed by atoms with Crippen LogP contribution in [0.4, 0.5) is 4.79 Å². The number of amides is 2. The second-order valence-electron chi connectivity index (χ2n) is 9.37. The van der Waals surface area contributed by atoms with E-state index in [1.807, 2.05) is 55.5 Å². The fourth-order valence-corrected chi connectivity index (χ4v) is 4.54. The minimum absolute atomic E-state index is 0.144. The van der Waals surface area contributed by atoms with Gasteiger partial charge in [-0.1, -0.05) is 46.3 Å². The van der Waals surface area contributed by atoms with Gasteiger partial charge in [0, 0.05) is 15.7 Å². The molecule has 12 heteroatoms. The van der Waals surface area contributed by atoms with E-state index >= 15 is 0 Å². The van der Waals surface area contributed by atoms with Crippen LogP contribution in [0, 0.1) is 0 Å². The Morgan fingerprint density at radius 1 is 1.07 bits per heavy atom. The van der Waals surface area contributed by atoms with E-state index < -0.39 is 24.3 Å². The Hall–Kier alpha value is -4.55. The Kier molecular flexibility index (Phi) is 11.0. The van der Waals surface area contributed by atoms with Crippen molar-refractivity contribution in [3.63, 3.8) is 0 Å². The first-order chi connectivity index (χ1) is 20.8. The SMILES string of the molecule is CCOc1cc([C@@H]2NC(=O)NC(C)=C2C(=O)OC)ccc1OC[C@H](O)N/N=C\c1ccccc1OCc1ccc(Br)cc1. The van der Waals surface area contributed by atoms with Crippen LogP contribution in [0.3, 0.4) is 0 Å². The number of carbonyl (C=O) groups is 2. The summed E-state index contributed by atoms with van der Waals surface area (Å²) >= 11 is 3.43. The molecule has 0 aliphatic carbocycles. The number of rotatable bonds is 13. The Balaban J connectivity index is 1.38. The third-order valence-electron chi connectivity index (χ3n) is 6.33. The van der Waals surface area contributed by atoms with Gasteiger partial charge in [-0.05, 0) is 61.4 Å². The molecule has 0 bridgehead atoms.